The summed E-state index contributed by atoms with van der Waals surface area (Å²) in [7, 11) is 0. The number of hydrogen-bond donors (Lipinski definition) is 2. The molecule has 0 spiro atoms. The van der Waals surface area contributed by atoms with E-state index in [9.17, 15) is 10.2 Å². The van der Waals surface area contributed by atoms with Crippen molar-refractivity contribution in [2.75, 3.05) is 0 Å². The molecule has 74 valence electrons. The van der Waals surface area contributed by atoms with Crippen LogP contribution in [0.2, 0.25) is 0 Å². The molecular weight excluding hydrogens is 176 g/mol. The van der Waals surface area contributed by atoms with Gasteiger partial charge in [0.05, 0.1) is 11.5 Å². The first kappa shape index (κ1) is 9.13. The van der Waals surface area contributed by atoms with Crippen molar-refractivity contribution >= 4 is 0 Å². The second kappa shape index (κ2) is 3.74. The van der Waals surface area contributed by atoms with Gasteiger partial charge in [0, 0.05) is 12.8 Å². The van der Waals surface area contributed by atoms with Crippen LogP contribution < -0.4 is 0 Å². The van der Waals surface area contributed by atoms with Crippen molar-refractivity contribution < 1.29 is 10.2 Å². The van der Waals surface area contributed by atoms with Gasteiger partial charge in [-0.05, 0) is 36.1 Å². The molecule has 2 aliphatic carbocycles. The molecule has 0 saturated heterocycles. The molecule has 0 radical (unpaired) electrons. The quantitative estimate of drug-likeness (QED) is 0.666. The molecule has 0 atom stereocenters. The zero-order valence-corrected chi connectivity index (χ0v) is 8.03. The molecule has 2 aliphatic rings. The second-order valence-electron chi connectivity index (χ2n) is 3.70. The van der Waals surface area contributed by atoms with Crippen molar-refractivity contribution in [2.24, 2.45) is 0 Å². The third-order valence-corrected chi connectivity index (χ3v) is 2.67. The van der Waals surface area contributed by atoms with Gasteiger partial charge in [0.15, 0.2) is 0 Å². The lowest BCUT2D eigenvalue weighted by Gasteiger charge is -2.16. The van der Waals surface area contributed by atoms with E-state index in [0.717, 1.165) is 25.7 Å². The maximum atomic E-state index is 9.21. The molecule has 0 amide bonds. The summed E-state index contributed by atoms with van der Waals surface area (Å²) in [4.78, 5) is 0. The van der Waals surface area contributed by atoms with Crippen LogP contribution in [0.3, 0.4) is 0 Å². The zero-order chi connectivity index (χ0) is 9.97. The predicted molar refractivity (Wildman–Crippen MR) is 56.1 cm³/mol. The number of aliphatic hydroxyl groups is 2. The van der Waals surface area contributed by atoms with E-state index in [1.54, 1.807) is 12.2 Å². The van der Waals surface area contributed by atoms with Gasteiger partial charge < -0.3 is 10.2 Å². The van der Waals surface area contributed by atoms with Gasteiger partial charge in [0.2, 0.25) is 0 Å². The molecule has 0 saturated carbocycles. The van der Waals surface area contributed by atoms with Gasteiger partial charge in [0.1, 0.15) is 0 Å². The van der Waals surface area contributed by atoms with E-state index in [4.69, 9.17) is 0 Å². The summed E-state index contributed by atoms with van der Waals surface area (Å²) in [6.45, 7) is 0. The molecule has 0 bridgehead atoms. The van der Waals surface area contributed by atoms with Crippen LogP contribution in [-0.2, 0) is 0 Å². The number of rotatable bonds is 1. The smallest absolute Gasteiger partial charge is 0.0926 e. The van der Waals surface area contributed by atoms with Gasteiger partial charge >= 0.3 is 0 Å². The molecule has 0 fully saturated rings. The highest BCUT2D eigenvalue weighted by Gasteiger charge is 2.12. The van der Waals surface area contributed by atoms with Crippen LogP contribution in [0.4, 0.5) is 0 Å². The molecule has 0 aliphatic heterocycles. The maximum absolute atomic E-state index is 9.21. The lowest BCUT2D eigenvalue weighted by molar-refractivity contribution is 0.382. The molecule has 0 aromatic rings. The van der Waals surface area contributed by atoms with Crippen LogP contribution in [-0.4, -0.2) is 10.2 Å². The van der Waals surface area contributed by atoms with Crippen LogP contribution in [0.1, 0.15) is 25.7 Å². The fourth-order valence-electron chi connectivity index (χ4n) is 1.79. The molecule has 0 heterocycles. The third kappa shape index (κ3) is 1.90. The Kier molecular flexibility index (Phi) is 2.44. The Balaban J connectivity index is 2.17. The SMILES string of the molecule is OC1=CC=C(C2=CC=C(O)CC2)CC1. The van der Waals surface area contributed by atoms with Crippen molar-refractivity contribution in [3.63, 3.8) is 0 Å². The van der Waals surface area contributed by atoms with Gasteiger partial charge in [-0.3, -0.25) is 0 Å². The molecule has 2 nitrogen and oxygen atoms in total. The van der Waals surface area contributed by atoms with Crippen LogP contribution in [0.5, 0.6) is 0 Å². The normalized spacial score (nSPS) is 22.0. The lowest BCUT2D eigenvalue weighted by atomic mass is 9.91. The topological polar surface area (TPSA) is 40.5 Å². The highest BCUT2D eigenvalue weighted by molar-refractivity contribution is 5.40. The van der Waals surface area contributed by atoms with Crippen LogP contribution >= 0.6 is 0 Å². The second-order valence-corrected chi connectivity index (χ2v) is 3.70. The summed E-state index contributed by atoms with van der Waals surface area (Å²) in [5.74, 6) is 0.923. The molecule has 0 aromatic heterocycles. The summed E-state index contributed by atoms with van der Waals surface area (Å²) in [5.41, 5.74) is 2.57. The zero-order valence-electron chi connectivity index (χ0n) is 8.03. The highest BCUT2D eigenvalue weighted by atomic mass is 16.3. The molecule has 2 heteroatoms. The fourth-order valence-corrected chi connectivity index (χ4v) is 1.79. The molecule has 2 N–H and O–H groups in total. The number of allylic oxidation sites excluding steroid dienone is 8. The molecule has 14 heavy (non-hydrogen) atoms. The van der Waals surface area contributed by atoms with E-state index >= 15 is 0 Å². The first-order valence-corrected chi connectivity index (χ1v) is 4.93. The Labute approximate surface area is 83.6 Å². The van der Waals surface area contributed by atoms with Crippen molar-refractivity contribution in [1.29, 1.82) is 0 Å². The van der Waals surface area contributed by atoms with E-state index in [1.165, 1.54) is 11.1 Å². The van der Waals surface area contributed by atoms with Crippen molar-refractivity contribution in [3.05, 3.63) is 47.0 Å². The Morgan fingerprint density at radius 1 is 0.643 bits per heavy atom. The number of aliphatic hydroxyl groups excluding tert-OH is 2. The first-order valence-electron chi connectivity index (χ1n) is 4.93. The van der Waals surface area contributed by atoms with Crippen LogP contribution in [0.25, 0.3) is 0 Å². The van der Waals surface area contributed by atoms with Gasteiger partial charge in [-0.1, -0.05) is 12.2 Å². The standard InChI is InChI=1S/C12H14O2/c13-11-5-1-9(2-6-11)10-3-7-12(14)8-4-10/h1,3,5,7,13-14H,2,4,6,8H2. The minimum Gasteiger partial charge on any atom is -0.512 e. The van der Waals surface area contributed by atoms with E-state index in [0.29, 0.717) is 11.5 Å². The van der Waals surface area contributed by atoms with Crippen LogP contribution in [0, 0.1) is 0 Å². The summed E-state index contributed by atoms with van der Waals surface area (Å²) >= 11 is 0. The summed E-state index contributed by atoms with van der Waals surface area (Å²) in [6, 6.07) is 0. The summed E-state index contributed by atoms with van der Waals surface area (Å²) in [5, 5.41) is 18.4. The van der Waals surface area contributed by atoms with Gasteiger partial charge in [-0.2, -0.15) is 0 Å². The van der Waals surface area contributed by atoms with E-state index < -0.39 is 0 Å². The fraction of sp³-hybridized carbons (Fsp3) is 0.333. The van der Waals surface area contributed by atoms with Crippen molar-refractivity contribution in [1.82, 2.24) is 0 Å². The number of hydrogen-bond acceptors (Lipinski definition) is 2. The van der Waals surface area contributed by atoms with Gasteiger partial charge in [-0.15, -0.1) is 0 Å². The molecule has 0 unspecified atom stereocenters. The van der Waals surface area contributed by atoms with E-state index in [2.05, 4.69) is 0 Å². The van der Waals surface area contributed by atoms with Gasteiger partial charge in [-0.25, -0.2) is 0 Å². The average Bonchev–Trinajstić information content (AvgIpc) is 2.21. The minimum atomic E-state index is 0.462. The molecular formula is C12H14O2. The Bertz CT molecular complexity index is 321. The summed E-state index contributed by atoms with van der Waals surface area (Å²) in [6.07, 6.45) is 10.8. The largest absolute Gasteiger partial charge is 0.512 e. The average molecular weight is 190 g/mol. The van der Waals surface area contributed by atoms with Gasteiger partial charge in [0.25, 0.3) is 0 Å². The molecule has 0 aromatic carbocycles. The maximum Gasteiger partial charge on any atom is 0.0926 e. The highest BCUT2D eigenvalue weighted by Crippen LogP contribution is 2.29. The Morgan fingerprint density at radius 3 is 1.36 bits per heavy atom. The predicted octanol–water partition coefficient (Wildman–Crippen LogP) is 3.31. The minimum absolute atomic E-state index is 0.462. The lowest BCUT2D eigenvalue weighted by Crippen LogP contribution is -2.00. The Hall–Kier alpha value is -1.44. The van der Waals surface area contributed by atoms with E-state index in [-0.39, 0.29) is 0 Å². The third-order valence-electron chi connectivity index (χ3n) is 2.67. The van der Waals surface area contributed by atoms with E-state index in [1.807, 2.05) is 12.2 Å². The Morgan fingerprint density at radius 2 is 1.07 bits per heavy atom. The van der Waals surface area contributed by atoms with Crippen molar-refractivity contribution in [2.45, 2.75) is 25.7 Å². The van der Waals surface area contributed by atoms with Crippen molar-refractivity contribution in [3.8, 4) is 0 Å². The summed E-state index contributed by atoms with van der Waals surface area (Å²) < 4.78 is 0. The monoisotopic (exact) mass is 190 g/mol. The van der Waals surface area contributed by atoms with Crippen LogP contribution in [0.15, 0.2) is 47.0 Å². The first-order chi connectivity index (χ1) is 6.75. The molecule has 2 rings (SSSR count).